The van der Waals surface area contributed by atoms with Crippen molar-refractivity contribution in [2.75, 3.05) is 13.1 Å². The fourth-order valence-corrected chi connectivity index (χ4v) is 2.06. The maximum atomic E-state index is 5.70. The Morgan fingerprint density at radius 1 is 1.05 bits per heavy atom. The van der Waals surface area contributed by atoms with Gasteiger partial charge in [-0.15, -0.1) is 0 Å². The zero-order valence-corrected chi connectivity index (χ0v) is 11.4. The van der Waals surface area contributed by atoms with Crippen LogP contribution < -0.4 is 5.73 Å². The summed E-state index contributed by atoms with van der Waals surface area (Å²) in [4.78, 5) is 6.79. The Hall–Kier alpha value is -1.71. The minimum absolute atomic E-state index is 0.665. The van der Waals surface area contributed by atoms with Crippen molar-refractivity contribution in [3.05, 3.63) is 65.5 Å². The van der Waals surface area contributed by atoms with Crippen LogP contribution in [0.25, 0.3) is 0 Å². The normalized spacial score (nSPS) is 10.9. The lowest BCUT2D eigenvalue weighted by atomic mass is 10.2. The van der Waals surface area contributed by atoms with Crippen molar-refractivity contribution in [3.63, 3.8) is 0 Å². The van der Waals surface area contributed by atoms with Crippen LogP contribution in [0.2, 0.25) is 0 Å². The topological polar surface area (TPSA) is 42.1 Å². The van der Waals surface area contributed by atoms with Gasteiger partial charge in [0.05, 0.1) is 5.69 Å². The molecule has 0 aliphatic rings. The number of aromatic nitrogens is 1. The summed E-state index contributed by atoms with van der Waals surface area (Å²) in [5.74, 6) is 0. The third-order valence-electron chi connectivity index (χ3n) is 3.05. The van der Waals surface area contributed by atoms with E-state index in [2.05, 4.69) is 53.2 Å². The first-order valence-corrected chi connectivity index (χ1v) is 6.66. The minimum Gasteiger partial charge on any atom is -0.329 e. The molecule has 0 spiro atoms. The molecule has 0 saturated heterocycles. The van der Waals surface area contributed by atoms with E-state index in [1.165, 1.54) is 11.1 Å². The van der Waals surface area contributed by atoms with Crippen LogP contribution in [-0.2, 0) is 13.1 Å². The molecule has 1 aromatic heterocycles. The molecular formula is C16H21N3. The average Bonchev–Trinajstić information content (AvgIpc) is 2.43. The molecule has 0 atom stereocenters. The third kappa shape index (κ3) is 4.47. The molecule has 3 heteroatoms. The second kappa shape index (κ2) is 7.02. The Morgan fingerprint density at radius 3 is 2.47 bits per heavy atom. The number of rotatable bonds is 6. The van der Waals surface area contributed by atoms with Gasteiger partial charge in [0, 0.05) is 32.4 Å². The molecule has 0 fully saturated rings. The third-order valence-corrected chi connectivity index (χ3v) is 3.05. The highest BCUT2D eigenvalue weighted by atomic mass is 15.1. The molecule has 0 unspecified atom stereocenters. The van der Waals surface area contributed by atoms with E-state index in [-0.39, 0.29) is 0 Å². The Morgan fingerprint density at radius 2 is 1.84 bits per heavy atom. The number of nitrogens with two attached hydrogens (primary N) is 1. The number of aryl methyl sites for hydroxylation is 1. The summed E-state index contributed by atoms with van der Waals surface area (Å²) < 4.78 is 0. The molecule has 0 saturated carbocycles. The second-order valence-corrected chi connectivity index (χ2v) is 4.81. The lowest BCUT2D eigenvalue weighted by molar-refractivity contribution is 0.261. The van der Waals surface area contributed by atoms with Gasteiger partial charge in [0.1, 0.15) is 0 Å². The number of pyridine rings is 1. The van der Waals surface area contributed by atoms with E-state index in [9.17, 15) is 0 Å². The molecule has 2 aromatic rings. The van der Waals surface area contributed by atoms with Gasteiger partial charge in [-0.25, -0.2) is 0 Å². The summed E-state index contributed by atoms with van der Waals surface area (Å²) in [6.07, 6.45) is 1.92. The number of nitrogens with zero attached hydrogens (tertiary/aromatic N) is 2. The van der Waals surface area contributed by atoms with Gasteiger partial charge in [-0.2, -0.15) is 0 Å². The van der Waals surface area contributed by atoms with Crippen molar-refractivity contribution >= 4 is 0 Å². The second-order valence-electron chi connectivity index (χ2n) is 4.81. The van der Waals surface area contributed by atoms with E-state index in [0.29, 0.717) is 6.54 Å². The molecule has 1 aromatic carbocycles. The molecule has 0 aliphatic heterocycles. The quantitative estimate of drug-likeness (QED) is 0.861. The Balaban J connectivity index is 2.01. The van der Waals surface area contributed by atoms with E-state index in [4.69, 9.17) is 5.73 Å². The Labute approximate surface area is 115 Å². The maximum absolute atomic E-state index is 5.70. The van der Waals surface area contributed by atoms with Gasteiger partial charge < -0.3 is 5.73 Å². The van der Waals surface area contributed by atoms with E-state index >= 15 is 0 Å². The molecular weight excluding hydrogens is 234 g/mol. The lowest BCUT2D eigenvalue weighted by Gasteiger charge is -2.21. The standard InChI is InChI=1S/C16H21N3/c1-14-7-8-16(18-11-14)13-19(10-9-17)12-15-5-3-2-4-6-15/h2-8,11H,9-10,12-13,17H2,1H3. The van der Waals surface area contributed by atoms with Crippen LogP contribution in [0.4, 0.5) is 0 Å². The van der Waals surface area contributed by atoms with Gasteiger partial charge in [0.25, 0.3) is 0 Å². The summed E-state index contributed by atoms with van der Waals surface area (Å²) in [5, 5.41) is 0. The highest BCUT2D eigenvalue weighted by molar-refractivity contribution is 5.15. The van der Waals surface area contributed by atoms with Crippen LogP contribution in [0.5, 0.6) is 0 Å². The summed E-state index contributed by atoms with van der Waals surface area (Å²) >= 11 is 0. The lowest BCUT2D eigenvalue weighted by Crippen LogP contribution is -2.29. The fraction of sp³-hybridized carbons (Fsp3) is 0.312. The van der Waals surface area contributed by atoms with Crippen LogP contribution in [0.15, 0.2) is 48.7 Å². The number of benzene rings is 1. The highest BCUT2D eigenvalue weighted by Crippen LogP contribution is 2.08. The average molecular weight is 255 g/mol. The van der Waals surface area contributed by atoms with Crippen LogP contribution in [0.1, 0.15) is 16.8 Å². The predicted octanol–water partition coefficient (Wildman–Crippen LogP) is 2.35. The van der Waals surface area contributed by atoms with Gasteiger partial charge >= 0.3 is 0 Å². The van der Waals surface area contributed by atoms with Crippen molar-refractivity contribution in [1.82, 2.24) is 9.88 Å². The SMILES string of the molecule is Cc1ccc(CN(CCN)Cc2ccccc2)nc1. The van der Waals surface area contributed by atoms with Crippen LogP contribution in [0.3, 0.4) is 0 Å². The molecule has 2 N–H and O–H groups in total. The predicted molar refractivity (Wildman–Crippen MR) is 78.6 cm³/mol. The van der Waals surface area contributed by atoms with Crippen molar-refractivity contribution in [2.45, 2.75) is 20.0 Å². The van der Waals surface area contributed by atoms with Crippen molar-refractivity contribution in [3.8, 4) is 0 Å². The van der Waals surface area contributed by atoms with Gasteiger partial charge in [-0.3, -0.25) is 9.88 Å². The monoisotopic (exact) mass is 255 g/mol. The van der Waals surface area contributed by atoms with E-state index in [1.54, 1.807) is 0 Å². The molecule has 19 heavy (non-hydrogen) atoms. The first-order valence-electron chi connectivity index (χ1n) is 6.66. The number of hydrogen-bond acceptors (Lipinski definition) is 3. The zero-order valence-electron chi connectivity index (χ0n) is 11.4. The zero-order chi connectivity index (χ0) is 13.5. The summed E-state index contributed by atoms with van der Waals surface area (Å²) in [6.45, 7) is 5.35. The summed E-state index contributed by atoms with van der Waals surface area (Å²) in [7, 11) is 0. The molecule has 0 radical (unpaired) electrons. The van der Waals surface area contributed by atoms with Gasteiger partial charge in [-0.05, 0) is 24.1 Å². The molecule has 1 heterocycles. The largest absolute Gasteiger partial charge is 0.329 e. The van der Waals surface area contributed by atoms with E-state index in [0.717, 1.165) is 25.3 Å². The van der Waals surface area contributed by atoms with Crippen molar-refractivity contribution in [1.29, 1.82) is 0 Å². The maximum Gasteiger partial charge on any atom is 0.0544 e. The number of hydrogen-bond donors (Lipinski definition) is 1. The minimum atomic E-state index is 0.665. The van der Waals surface area contributed by atoms with E-state index < -0.39 is 0 Å². The molecule has 100 valence electrons. The molecule has 0 bridgehead atoms. The first-order chi connectivity index (χ1) is 9.28. The molecule has 0 aliphatic carbocycles. The summed E-state index contributed by atoms with van der Waals surface area (Å²) in [6, 6.07) is 14.7. The van der Waals surface area contributed by atoms with E-state index in [1.807, 2.05) is 12.3 Å². The van der Waals surface area contributed by atoms with Gasteiger partial charge in [0.2, 0.25) is 0 Å². The molecule has 3 nitrogen and oxygen atoms in total. The van der Waals surface area contributed by atoms with Gasteiger partial charge in [-0.1, -0.05) is 36.4 Å². The molecule has 2 rings (SSSR count). The van der Waals surface area contributed by atoms with Crippen LogP contribution >= 0.6 is 0 Å². The highest BCUT2D eigenvalue weighted by Gasteiger charge is 2.06. The Kier molecular flexibility index (Phi) is 5.07. The molecule has 0 amide bonds. The fourth-order valence-electron chi connectivity index (χ4n) is 2.06. The van der Waals surface area contributed by atoms with Crippen molar-refractivity contribution < 1.29 is 0 Å². The Bertz CT molecular complexity index is 479. The van der Waals surface area contributed by atoms with Crippen LogP contribution in [0, 0.1) is 6.92 Å². The first kappa shape index (κ1) is 13.7. The van der Waals surface area contributed by atoms with Crippen molar-refractivity contribution in [2.24, 2.45) is 5.73 Å². The summed E-state index contributed by atoms with van der Waals surface area (Å²) in [5.41, 5.74) is 9.29. The van der Waals surface area contributed by atoms with Gasteiger partial charge in [0.15, 0.2) is 0 Å². The smallest absolute Gasteiger partial charge is 0.0544 e. The van der Waals surface area contributed by atoms with Crippen LogP contribution in [-0.4, -0.2) is 23.0 Å².